The van der Waals surface area contributed by atoms with Crippen LogP contribution in [0.25, 0.3) is 11.0 Å². The van der Waals surface area contributed by atoms with E-state index in [1.165, 1.54) is 31.6 Å². The van der Waals surface area contributed by atoms with Crippen molar-refractivity contribution >= 4 is 34.1 Å². The Balaban J connectivity index is 2.16. The largest absolute Gasteiger partial charge is 0.465 e. The van der Waals surface area contributed by atoms with Gasteiger partial charge in [-0.1, -0.05) is 12.1 Å². The topological polar surface area (TPSA) is 110 Å². The number of ether oxygens (including phenoxy) is 1. The number of imidazole rings is 1. The van der Waals surface area contributed by atoms with Gasteiger partial charge >= 0.3 is 5.97 Å². The summed E-state index contributed by atoms with van der Waals surface area (Å²) in [5, 5.41) is 14.2. The molecule has 8 heteroatoms. The molecule has 0 radical (unpaired) electrons. The average Bonchev–Trinajstić information content (AvgIpc) is 3.03. The van der Waals surface area contributed by atoms with Crippen molar-refractivity contribution in [2.75, 3.05) is 12.4 Å². The van der Waals surface area contributed by atoms with Crippen LogP contribution in [0.3, 0.4) is 0 Å². The van der Waals surface area contributed by atoms with E-state index < -0.39 is 10.9 Å². The van der Waals surface area contributed by atoms with Crippen LogP contribution in [0.15, 0.2) is 42.7 Å². The lowest BCUT2D eigenvalue weighted by atomic mass is 10.1. The van der Waals surface area contributed by atoms with E-state index in [4.69, 9.17) is 4.74 Å². The zero-order valence-corrected chi connectivity index (χ0v) is 12.1. The Morgan fingerprint density at radius 1 is 1.30 bits per heavy atom. The molecule has 3 rings (SSSR count). The molecule has 0 unspecified atom stereocenters. The van der Waals surface area contributed by atoms with Crippen LogP contribution in [-0.4, -0.2) is 28.0 Å². The molecule has 0 amide bonds. The summed E-state index contributed by atoms with van der Waals surface area (Å²) in [5.74, 6) is -0.659. The molecule has 0 fully saturated rings. The zero-order valence-electron chi connectivity index (χ0n) is 12.1. The van der Waals surface area contributed by atoms with E-state index in [2.05, 4.69) is 15.3 Å². The Morgan fingerprint density at radius 3 is 2.83 bits per heavy atom. The Kier molecular flexibility index (Phi) is 3.63. The molecule has 8 nitrogen and oxygen atoms in total. The van der Waals surface area contributed by atoms with Crippen molar-refractivity contribution in [3.8, 4) is 0 Å². The summed E-state index contributed by atoms with van der Waals surface area (Å²) in [5.41, 5.74) is 1.89. The fraction of sp³-hybridized carbons (Fsp3) is 0.0667. The lowest BCUT2D eigenvalue weighted by molar-refractivity contribution is -0.383. The first-order valence-corrected chi connectivity index (χ1v) is 6.66. The fourth-order valence-electron chi connectivity index (χ4n) is 2.31. The number of para-hydroxylation sites is 2. The molecule has 0 aliphatic rings. The second-order valence-electron chi connectivity index (χ2n) is 4.68. The second kappa shape index (κ2) is 5.76. The summed E-state index contributed by atoms with van der Waals surface area (Å²) in [6, 6.07) is 9.52. The quantitative estimate of drug-likeness (QED) is 0.435. The van der Waals surface area contributed by atoms with E-state index in [9.17, 15) is 14.9 Å². The number of nitrogens with one attached hydrogen (secondary N) is 2. The number of esters is 1. The number of fused-ring (bicyclic) bond motifs is 1. The number of hydrogen-bond acceptors (Lipinski definition) is 6. The Morgan fingerprint density at radius 2 is 2.09 bits per heavy atom. The highest BCUT2D eigenvalue weighted by molar-refractivity contribution is 6.01. The number of H-pyrrole nitrogens is 1. The smallest absolute Gasteiger partial charge is 0.340 e. The van der Waals surface area contributed by atoms with E-state index in [0.29, 0.717) is 16.7 Å². The number of nitrogens with zero attached hydrogens (tertiary/aromatic N) is 2. The van der Waals surface area contributed by atoms with Crippen LogP contribution in [0.5, 0.6) is 0 Å². The lowest BCUT2D eigenvalue weighted by Gasteiger charge is -2.11. The van der Waals surface area contributed by atoms with Crippen LogP contribution in [0, 0.1) is 10.1 Å². The number of carbonyl (C=O) groups is 1. The van der Waals surface area contributed by atoms with E-state index >= 15 is 0 Å². The van der Waals surface area contributed by atoms with Crippen molar-refractivity contribution in [1.82, 2.24) is 9.97 Å². The highest BCUT2D eigenvalue weighted by Crippen LogP contribution is 2.33. The predicted octanol–water partition coefficient (Wildman–Crippen LogP) is 3.00. The minimum Gasteiger partial charge on any atom is -0.465 e. The van der Waals surface area contributed by atoms with E-state index in [-0.39, 0.29) is 16.9 Å². The van der Waals surface area contributed by atoms with Crippen LogP contribution < -0.4 is 5.32 Å². The van der Waals surface area contributed by atoms with E-state index in [1.54, 1.807) is 18.2 Å². The van der Waals surface area contributed by atoms with Crippen molar-refractivity contribution in [1.29, 1.82) is 0 Å². The van der Waals surface area contributed by atoms with Gasteiger partial charge in [0, 0.05) is 6.07 Å². The van der Waals surface area contributed by atoms with Crippen molar-refractivity contribution in [3.63, 3.8) is 0 Å². The number of aromatic nitrogens is 2. The zero-order chi connectivity index (χ0) is 16.4. The number of nitro groups is 1. The first-order chi connectivity index (χ1) is 11.1. The van der Waals surface area contributed by atoms with Gasteiger partial charge in [0.2, 0.25) is 0 Å². The van der Waals surface area contributed by atoms with Crippen LogP contribution in [0.2, 0.25) is 0 Å². The highest BCUT2D eigenvalue weighted by Gasteiger charge is 2.23. The second-order valence-corrected chi connectivity index (χ2v) is 4.68. The molecular weight excluding hydrogens is 300 g/mol. The first kappa shape index (κ1) is 14.5. The van der Waals surface area contributed by atoms with Crippen molar-refractivity contribution in [2.45, 2.75) is 0 Å². The van der Waals surface area contributed by atoms with Gasteiger partial charge in [0.25, 0.3) is 5.69 Å². The number of methoxy groups -OCH3 is 1. The van der Waals surface area contributed by atoms with Crippen LogP contribution in [0.1, 0.15) is 10.4 Å². The molecule has 0 spiro atoms. The third kappa shape index (κ3) is 2.57. The number of benzene rings is 2. The fourth-order valence-corrected chi connectivity index (χ4v) is 2.31. The molecule has 0 saturated heterocycles. The Labute approximate surface area is 130 Å². The summed E-state index contributed by atoms with van der Waals surface area (Å²) in [6.45, 7) is 0. The minimum absolute atomic E-state index is 0.0754. The molecule has 1 heterocycles. The van der Waals surface area contributed by atoms with Gasteiger partial charge < -0.3 is 15.0 Å². The summed E-state index contributed by atoms with van der Waals surface area (Å²) in [7, 11) is 1.22. The molecule has 23 heavy (non-hydrogen) atoms. The third-order valence-electron chi connectivity index (χ3n) is 3.36. The van der Waals surface area contributed by atoms with Crippen LogP contribution in [0.4, 0.5) is 17.1 Å². The molecule has 0 aliphatic carbocycles. The summed E-state index contributed by atoms with van der Waals surface area (Å²) in [4.78, 5) is 29.7. The SMILES string of the molecule is COC(=O)c1cccc([N+](=O)[O-])c1Nc1cccc2nc[nH]c12. The van der Waals surface area contributed by atoms with Gasteiger partial charge in [-0.15, -0.1) is 0 Å². The molecule has 0 bridgehead atoms. The van der Waals surface area contributed by atoms with Crippen molar-refractivity contribution in [2.24, 2.45) is 0 Å². The number of carbonyl (C=O) groups excluding carboxylic acids is 1. The molecule has 2 N–H and O–H groups in total. The van der Waals surface area contributed by atoms with Gasteiger partial charge in [0.15, 0.2) is 0 Å². The predicted molar refractivity (Wildman–Crippen MR) is 83.8 cm³/mol. The average molecular weight is 312 g/mol. The lowest BCUT2D eigenvalue weighted by Crippen LogP contribution is -2.08. The number of anilines is 2. The summed E-state index contributed by atoms with van der Waals surface area (Å²) in [6.07, 6.45) is 1.52. The van der Waals surface area contributed by atoms with Gasteiger partial charge in [0.1, 0.15) is 5.69 Å². The first-order valence-electron chi connectivity index (χ1n) is 6.66. The monoisotopic (exact) mass is 312 g/mol. The third-order valence-corrected chi connectivity index (χ3v) is 3.36. The van der Waals surface area contributed by atoms with E-state index in [0.717, 1.165) is 0 Å². The molecule has 0 atom stereocenters. The minimum atomic E-state index is -0.659. The number of hydrogen-bond donors (Lipinski definition) is 2. The van der Waals surface area contributed by atoms with Gasteiger partial charge in [-0.2, -0.15) is 0 Å². The van der Waals surface area contributed by atoms with Gasteiger partial charge in [-0.3, -0.25) is 10.1 Å². The van der Waals surface area contributed by atoms with Gasteiger partial charge in [0.05, 0.1) is 40.6 Å². The summed E-state index contributed by atoms with van der Waals surface area (Å²) < 4.78 is 4.70. The van der Waals surface area contributed by atoms with Crippen molar-refractivity contribution < 1.29 is 14.5 Å². The van der Waals surface area contributed by atoms with Gasteiger partial charge in [-0.05, 0) is 18.2 Å². The number of aromatic amines is 1. The van der Waals surface area contributed by atoms with Gasteiger partial charge in [-0.25, -0.2) is 9.78 Å². The maximum Gasteiger partial charge on any atom is 0.340 e. The summed E-state index contributed by atoms with van der Waals surface area (Å²) >= 11 is 0. The molecule has 116 valence electrons. The number of nitro benzene ring substituents is 1. The molecule has 1 aromatic heterocycles. The molecule has 2 aromatic carbocycles. The Bertz CT molecular complexity index is 903. The van der Waals surface area contributed by atoms with Crippen molar-refractivity contribution in [3.05, 3.63) is 58.4 Å². The van der Waals surface area contributed by atoms with Crippen LogP contribution >= 0.6 is 0 Å². The standard InChI is InChI=1S/C15H12N4O4/c1-23-15(20)9-4-2-7-12(19(21)22)13(9)18-11-6-3-5-10-14(11)17-8-16-10/h2-8,18H,1H3,(H,16,17). The van der Waals surface area contributed by atoms with E-state index in [1.807, 2.05) is 0 Å². The maximum atomic E-state index is 11.9. The molecule has 0 aliphatic heterocycles. The molecule has 0 saturated carbocycles. The Hall–Kier alpha value is -3.42. The molecular formula is C15H12N4O4. The number of rotatable bonds is 4. The molecule has 3 aromatic rings. The highest BCUT2D eigenvalue weighted by atomic mass is 16.6. The normalized spacial score (nSPS) is 10.5. The van der Waals surface area contributed by atoms with Crippen LogP contribution in [-0.2, 0) is 4.74 Å². The maximum absolute atomic E-state index is 11.9.